The molecule has 0 radical (unpaired) electrons. The van der Waals surface area contributed by atoms with Crippen LogP contribution in [-0.4, -0.2) is 28.6 Å². The maximum atomic E-state index is 11.2. The molecule has 4 N–H and O–H groups in total. The Morgan fingerprint density at radius 1 is 1.79 bits per heavy atom. The third-order valence-corrected chi connectivity index (χ3v) is 1.58. The van der Waals surface area contributed by atoms with E-state index in [1.165, 1.54) is 12.3 Å². The van der Waals surface area contributed by atoms with Gasteiger partial charge in [-0.25, -0.2) is 4.79 Å². The lowest BCUT2D eigenvalue weighted by Gasteiger charge is -1.96. The number of nitrogens with zero attached hydrogens (tertiary/aromatic N) is 1. The summed E-state index contributed by atoms with van der Waals surface area (Å²) in [7, 11) is 0. The van der Waals surface area contributed by atoms with Crippen LogP contribution in [0.25, 0.3) is 0 Å². The van der Waals surface area contributed by atoms with Crippen LogP contribution in [0.1, 0.15) is 23.0 Å². The highest BCUT2D eigenvalue weighted by Crippen LogP contribution is 2.04. The van der Waals surface area contributed by atoms with Crippen molar-refractivity contribution in [3.8, 4) is 0 Å². The SMILES string of the molecule is CCOC(=O)c1c[nH]c(C(N)=NO)c1. The first-order valence-electron chi connectivity index (χ1n) is 4.02. The number of hydrogen-bond donors (Lipinski definition) is 3. The van der Waals surface area contributed by atoms with E-state index in [0.29, 0.717) is 17.9 Å². The summed E-state index contributed by atoms with van der Waals surface area (Å²) >= 11 is 0. The minimum atomic E-state index is -0.444. The molecule has 0 aliphatic heterocycles. The predicted octanol–water partition coefficient (Wildman–Crippen LogP) is 0.286. The van der Waals surface area contributed by atoms with Gasteiger partial charge in [0.2, 0.25) is 0 Å². The highest BCUT2D eigenvalue weighted by atomic mass is 16.5. The summed E-state index contributed by atoms with van der Waals surface area (Å²) in [5.41, 5.74) is 6.01. The number of hydrogen-bond acceptors (Lipinski definition) is 4. The highest BCUT2D eigenvalue weighted by molar-refractivity contribution is 5.98. The second kappa shape index (κ2) is 4.31. The molecular weight excluding hydrogens is 186 g/mol. The van der Waals surface area contributed by atoms with Gasteiger partial charge in [-0.2, -0.15) is 0 Å². The molecule has 76 valence electrons. The van der Waals surface area contributed by atoms with Crippen LogP contribution >= 0.6 is 0 Å². The van der Waals surface area contributed by atoms with E-state index in [1.54, 1.807) is 6.92 Å². The summed E-state index contributed by atoms with van der Waals surface area (Å²) in [4.78, 5) is 13.9. The van der Waals surface area contributed by atoms with Gasteiger partial charge in [0.05, 0.1) is 17.9 Å². The smallest absolute Gasteiger partial charge is 0.339 e. The van der Waals surface area contributed by atoms with Crippen LogP contribution in [0.5, 0.6) is 0 Å². The average molecular weight is 197 g/mol. The van der Waals surface area contributed by atoms with Gasteiger partial charge in [-0.15, -0.1) is 0 Å². The fraction of sp³-hybridized carbons (Fsp3) is 0.250. The van der Waals surface area contributed by atoms with E-state index in [9.17, 15) is 4.79 Å². The summed E-state index contributed by atoms with van der Waals surface area (Å²) in [5.74, 6) is -0.527. The van der Waals surface area contributed by atoms with E-state index in [1.807, 2.05) is 0 Å². The molecule has 1 heterocycles. The summed E-state index contributed by atoms with van der Waals surface area (Å²) in [6.45, 7) is 2.03. The molecule has 6 nitrogen and oxygen atoms in total. The minimum absolute atomic E-state index is 0.0828. The van der Waals surface area contributed by atoms with Crippen molar-refractivity contribution in [1.29, 1.82) is 0 Å². The van der Waals surface area contributed by atoms with Crippen molar-refractivity contribution >= 4 is 11.8 Å². The van der Waals surface area contributed by atoms with E-state index < -0.39 is 5.97 Å². The van der Waals surface area contributed by atoms with Crippen LogP contribution in [0, 0.1) is 0 Å². The summed E-state index contributed by atoms with van der Waals surface area (Å²) in [6.07, 6.45) is 1.44. The Kier molecular flexibility index (Phi) is 3.11. The maximum absolute atomic E-state index is 11.2. The third kappa shape index (κ3) is 2.03. The zero-order valence-corrected chi connectivity index (χ0v) is 7.65. The van der Waals surface area contributed by atoms with E-state index in [2.05, 4.69) is 10.1 Å². The van der Waals surface area contributed by atoms with Gasteiger partial charge in [0, 0.05) is 6.20 Å². The van der Waals surface area contributed by atoms with Crippen molar-refractivity contribution < 1.29 is 14.7 Å². The number of carbonyl (C=O) groups is 1. The average Bonchev–Trinajstić information content (AvgIpc) is 2.66. The zero-order valence-electron chi connectivity index (χ0n) is 7.65. The van der Waals surface area contributed by atoms with Gasteiger partial charge in [0.25, 0.3) is 0 Å². The molecule has 0 amide bonds. The molecule has 0 fully saturated rings. The molecule has 14 heavy (non-hydrogen) atoms. The Hall–Kier alpha value is -1.98. The van der Waals surface area contributed by atoms with Crippen LogP contribution in [0.4, 0.5) is 0 Å². The topological polar surface area (TPSA) is 101 Å². The quantitative estimate of drug-likeness (QED) is 0.213. The number of nitrogens with one attached hydrogen (secondary N) is 1. The van der Waals surface area contributed by atoms with E-state index in [-0.39, 0.29) is 5.84 Å². The Balaban J connectivity index is 2.83. The molecule has 6 heteroatoms. The van der Waals surface area contributed by atoms with Crippen molar-refractivity contribution in [2.45, 2.75) is 6.92 Å². The minimum Gasteiger partial charge on any atom is -0.462 e. The van der Waals surface area contributed by atoms with Gasteiger partial charge in [-0.3, -0.25) is 0 Å². The number of nitrogens with two attached hydrogens (primary N) is 1. The van der Waals surface area contributed by atoms with Gasteiger partial charge >= 0.3 is 5.97 Å². The van der Waals surface area contributed by atoms with Crippen molar-refractivity contribution in [1.82, 2.24) is 4.98 Å². The van der Waals surface area contributed by atoms with Crippen molar-refractivity contribution in [2.24, 2.45) is 10.9 Å². The molecule has 0 saturated heterocycles. The molecule has 0 aromatic carbocycles. The normalized spacial score (nSPS) is 11.4. The molecule has 1 aromatic rings. The van der Waals surface area contributed by atoms with Crippen LogP contribution in [-0.2, 0) is 4.74 Å². The fourth-order valence-electron chi connectivity index (χ4n) is 0.928. The molecular formula is C8H11N3O3. The molecule has 0 aliphatic carbocycles. The molecule has 0 bridgehead atoms. The zero-order chi connectivity index (χ0) is 10.6. The maximum Gasteiger partial charge on any atom is 0.339 e. The van der Waals surface area contributed by atoms with Crippen molar-refractivity contribution in [3.63, 3.8) is 0 Å². The summed E-state index contributed by atoms with van der Waals surface area (Å²) < 4.78 is 4.75. The fourth-order valence-corrected chi connectivity index (χ4v) is 0.928. The van der Waals surface area contributed by atoms with Crippen molar-refractivity contribution in [3.05, 3.63) is 23.5 Å². The van der Waals surface area contributed by atoms with Crippen LogP contribution in [0.2, 0.25) is 0 Å². The second-order valence-electron chi connectivity index (χ2n) is 2.51. The lowest BCUT2D eigenvalue weighted by molar-refractivity contribution is 0.0526. The van der Waals surface area contributed by atoms with Gasteiger partial charge in [0.1, 0.15) is 0 Å². The second-order valence-corrected chi connectivity index (χ2v) is 2.51. The van der Waals surface area contributed by atoms with Crippen LogP contribution < -0.4 is 5.73 Å². The number of carbonyl (C=O) groups excluding carboxylic acids is 1. The van der Waals surface area contributed by atoms with Crippen LogP contribution in [0.3, 0.4) is 0 Å². The number of amidine groups is 1. The number of aromatic amines is 1. The van der Waals surface area contributed by atoms with Crippen molar-refractivity contribution in [2.75, 3.05) is 6.61 Å². The number of aromatic nitrogens is 1. The Morgan fingerprint density at radius 3 is 3.07 bits per heavy atom. The standard InChI is InChI=1S/C8H11N3O3/c1-2-14-8(12)5-3-6(10-4-5)7(9)11-13/h3-4,10,13H,2H2,1H3,(H2,9,11). The largest absolute Gasteiger partial charge is 0.462 e. The van der Waals surface area contributed by atoms with E-state index >= 15 is 0 Å². The number of oxime groups is 1. The van der Waals surface area contributed by atoms with Crippen LogP contribution in [0.15, 0.2) is 17.4 Å². The number of esters is 1. The molecule has 0 spiro atoms. The van der Waals surface area contributed by atoms with E-state index in [4.69, 9.17) is 15.7 Å². The first kappa shape index (κ1) is 10.1. The highest BCUT2D eigenvalue weighted by Gasteiger charge is 2.10. The molecule has 0 unspecified atom stereocenters. The monoisotopic (exact) mass is 197 g/mol. The first-order valence-corrected chi connectivity index (χ1v) is 4.02. The first-order chi connectivity index (χ1) is 6.69. The molecule has 0 atom stereocenters. The third-order valence-electron chi connectivity index (χ3n) is 1.58. The number of H-pyrrole nitrogens is 1. The Bertz CT molecular complexity index is 356. The molecule has 0 aliphatic rings. The molecule has 1 aromatic heterocycles. The van der Waals surface area contributed by atoms with Gasteiger partial charge in [0.15, 0.2) is 5.84 Å². The lowest BCUT2D eigenvalue weighted by atomic mass is 10.3. The number of ether oxygens (including phenoxy) is 1. The summed E-state index contributed by atoms with van der Waals surface area (Å²) in [6, 6.07) is 1.45. The van der Waals surface area contributed by atoms with Gasteiger partial charge < -0.3 is 20.7 Å². The lowest BCUT2D eigenvalue weighted by Crippen LogP contribution is -2.13. The molecule has 0 saturated carbocycles. The Labute approximate surface area is 80.4 Å². The Morgan fingerprint density at radius 2 is 2.50 bits per heavy atom. The predicted molar refractivity (Wildman–Crippen MR) is 49.3 cm³/mol. The van der Waals surface area contributed by atoms with Gasteiger partial charge in [-0.05, 0) is 13.0 Å². The number of rotatable bonds is 3. The van der Waals surface area contributed by atoms with E-state index in [0.717, 1.165) is 0 Å². The molecule has 1 rings (SSSR count). The summed E-state index contributed by atoms with van der Waals surface area (Å²) in [5, 5.41) is 11.2. The van der Waals surface area contributed by atoms with Gasteiger partial charge in [-0.1, -0.05) is 5.16 Å².